The molecule has 7 heteroatoms. The molecule has 33 heavy (non-hydrogen) atoms. The van der Waals surface area contributed by atoms with Crippen molar-refractivity contribution in [1.29, 1.82) is 0 Å². The molecule has 0 aromatic heterocycles. The number of rotatable bonds is 8. The Hall–Kier alpha value is -2.83. The maximum absolute atomic E-state index is 13.5. The number of hydrogen-bond donors (Lipinski definition) is 1. The number of carbonyl (C=O) groups is 1. The fourth-order valence-corrected chi connectivity index (χ4v) is 5.07. The SMILES string of the molecule is CC[C@H](NC(=O)CN(c1ccc(C)c(Cl)c1)S(=O)(=O)c1ccc(C)cc1)c1ccc(C)cc1. The van der Waals surface area contributed by atoms with Gasteiger partial charge < -0.3 is 5.32 Å². The Morgan fingerprint density at radius 1 is 0.939 bits per heavy atom. The van der Waals surface area contributed by atoms with Crippen molar-refractivity contribution in [1.82, 2.24) is 5.32 Å². The number of hydrogen-bond acceptors (Lipinski definition) is 3. The van der Waals surface area contributed by atoms with Crippen molar-refractivity contribution in [3.63, 3.8) is 0 Å². The highest BCUT2D eigenvalue weighted by molar-refractivity contribution is 7.92. The van der Waals surface area contributed by atoms with Crippen molar-refractivity contribution in [2.45, 2.75) is 45.1 Å². The van der Waals surface area contributed by atoms with Crippen LogP contribution in [0, 0.1) is 20.8 Å². The summed E-state index contributed by atoms with van der Waals surface area (Å²) in [7, 11) is -3.99. The average Bonchev–Trinajstić information content (AvgIpc) is 2.78. The van der Waals surface area contributed by atoms with Crippen molar-refractivity contribution >= 4 is 33.2 Å². The first-order valence-electron chi connectivity index (χ1n) is 10.8. The minimum absolute atomic E-state index is 0.114. The summed E-state index contributed by atoms with van der Waals surface area (Å²) in [6, 6.07) is 19.3. The van der Waals surface area contributed by atoms with Gasteiger partial charge in [0.1, 0.15) is 6.54 Å². The Bertz CT molecular complexity index is 1220. The summed E-state index contributed by atoms with van der Waals surface area (Å²) in [6.45, 7) is 7.34. The summed E-state index contributed by atoms with van der Waals surface area (Å²) < 4.78 is 28.2. The van der Waals surface area contributed by atoms with E-state index < -0.39 is 15.9 Å². The molecule has 3 rings (SSSR count). The molecule has 0 saturated heterocycles. The van der Waals surface area contributed by atoms with Crippen LogP contribution in [0.5, 0.6) is 0 Å². The molecule has 174 valence electrons. The highest BCUT2D eigenvalue weighted by atomic mass is 35.5. The van der Waals surface area contributed by atoms with Crippen LogP contribution in [0.2, 0.25) is 5.02 Å². The van der Waals surface area contributed by atoms with Crippen molar-refractivity contribution < 1.29 is 13.2 Å². The average molecular weight is 485 g/mol. The van der Waals surface area contributed by atoms with Gasteiger partial charge in [0.05, 0.1) is 16.6 Å². The van der Waals surface area contributed by atoms with Gasteiger partial charge in [0.15, 0.2) is 0 Å². The molecule has 1 atom stereocenters. The van der Waals surface area contributed by atoms with Crippen molar-refractivity contribution in [3.8, 4) is 0 Å². The first-order valence-corrected chi connectivity index (χ1v) is 12.6. The van der Waals surface area contributed by atoms with Gasteiger partial charge >= 0.3 is 0 Å². The largest absolute Gasteiger partial charge is 0.348 e. The van der Waals surface area contributed by atoms with Gasteiger partial charge in [0, 0.05) is 5.02 Å². The van der Waals surface area contributed by atoms with Crippen molar-refractivity contribution in [2.75, 3.05) is 10.8 Å². The van der Waals surface area contributed by atoms with Gasteiger partial charge in [-0.05, 0) is 62.6 Å². The molecule has 1 amide bonds. The van der Waals surface area contributed by atoms with E-state index in [-0.39, 0.29) is 17.5 Å². The predicted octanol–water partition coefficient (Wildman–Crippen LogP) is 5.73. The van der Waals surface area contributed by atoms with Gasteiger partial charge in [0.2, 0.25) is 5.91 Å². The van der Waals surface area contributed by atoms with E-state index in [9.17, 15) is 13.2 Å². The molecular weight excluding hydrogens is 456 g/mol. The second kappa shape index (κ2) is 10.4. The Balaban J connectivity index is 1.93. The third kappa shape index (κ3) is 5.95. The van der Waals surface area contributed by atoms with E-state index in [2.05, 4.69) is 5.32 Å². The lowest BCUT2D eigenvalue weighted by molar-refractivity contribution is -0.120. The zero-order chi connectivity index (χ0) is 24.2. The maximum Gasteiger partial charge on any atom is 0.264 e. The third-order valence-electron chi connectivity index (χ3n) is 5.56. The lowest BCUT2D eigenvalue weighted by Crippen LogP contribution is -2.42. The number of halogens is 1. The van der Waals surface area contributed by atoms with Gasteiger partial charge in [-0.15, -0.1) is 0 Å². The quantitative estimate of drug-likeness (QED) is 0.444. The second-order valence-electron chi connectivity index (χ2n) is 8.20. The summed E-state index contributed by atoms with van der Waals surface area (Å²) in [5, 5.41) is 3.42. The third-order valence-corrected chi connectivity index (χ3v) is 7.76. The van der Waals surface area contributed by atoms with Crippen LogP contribution in [0.4, 0.5) is 5.69 Å². The van der Waals surface area contributed by atoms with E-state index in [1.54, 1.807) is 42.5 Å². The van der Waals surface area contributed by atoms with E-state index in [0.717, 1.165) is 26.6 Å². The fourth-order valence-electron chi connectivity index (χ4n) is 3.48. The van der Waals surface area contributed by atoms with Gasteiger partial charge in [0.25, 0.3) is 10.0 Å². The molecule has 0 aliphatic rings. The number of sulfonamides is 1. The van der Waals surface area contributed by atoms with Crippen LogP contribution in [-0.4, -0.2) is 20.9 Å². The molecule has 0 aliphatic carbocycles. The van der Waals surface area contributed by atoms with Gasteiger partial charge in [-0.1, -0.05) is 72.1 Å². The summed E-state index contributed by atoms with van der Waals surface area (Å²) in [5.74, 6) is -0.394. The first kappa shape index (κ1) is 24.8. The van der Waals surface area contributed by atoms with E-state index in [1.807, 2.05) is 52.0 Å². The molecule has 0 fully saturated rings. The molecule has 0 bridgehead atoms. The molecule has 0 unspecified atom stereocenters. The zero-order valence-electron chi connectivity index (χ0n) is 19.3. The lowest BCUT2D eigenvalue weighted by Gasteiger charge is -2.26. The van der Waals surface area contributed by atoms with Crippen LogP contribution >= 0.6 is 11.6 Å². The summed E-state index contributed by atoms with van der Waals surface area (Å²) in [6.07, 6.45) is 0.676. The summed E-state index contributed by atoms with van der Waals surface area (Å²) >= 11 is 6.29. The second-order valence-corrected chi connectivity index (χ2v) is 10.5. The highest BCUT2D eigenvalue weighted by Crippen LogP contribution is 2.28. The normalized spacial score (nSPS) is 12.3. The van der Waals surface area contributed by atoms with Crippen LogP contribution in [0.3, 0.4) is 0 Å². The minimum Gasteiger partial charge on any atom is -0.348 e. The molecule has 3 aromatic carbocycles. The number of carbonyl (C=O) groups excluding carboxylic acids is 1. The molecule has 0 radical (unpaired) electrons. The smallest absolute Gasteiger partial charge is 0.264 e. The molecule has 0 spiro atoms. The predicted molar refractivity (Wildman–Crippen MR) is 134 cm³/mol. The van der Waals surface area contributed by atoms with E-state index in [0.29, 0.717) is 17.1 Å². The van der Waals surface area contributed by atoms with Gasteiger partial charge in [-0.25, -0.2) is 8.42 Å². The Kier molecular flexibility index (Phi) is 7.82. The molecule has 1 N–H and O–H groups in total. The number of nitrogens with zero attached hydrogens (tertiary/aromatic N) is 1. The maximum atomic E-state index is 13.5. The van der Waals surface area contributed by atoms with Crippen LogP contribution in [0.25, 0.3) is 0 Å². The standard InChI is InChI=1S/C26H29ClN2O3S/c1-5-25(21-11-6-18(2)7-12-21)28-26(30)17-29(22-13-10-20(4)24(27)16-22)33(31,32)23-14-8-19(3)9-15-23/h6-16,25H,5,17H2,1-4H3,(H,28,30)/t25-/m0/s1. The minimum atomic E-state index is -3.99. The van der Waals surface area contributed by atoms with E-state index >= 15 is 0 Å². The highest BCUT2D eigenvalue weighted by Gasteiger charge is 2.28. The topological polar surface area (TPSA) is 66.5 Å². The number of benzene rings is 3. The van der Waals surface area contributed by atoms with E-state index in [1.165, 1.54) is 0 Å². The van der Waals surface area contributed by atoms with Crippen LogP contribution in [0.1, 0.15) is 41.6 Å². The Morgan fingerprint density at radius 3 is 2.06 bits per heavy atom. The molecule has 0 saturated carbocycles. The number of nitrogens with one attached hydrogen (secondary N) is 1. The fraction of sp³-hybridized carbons (Fsp3) is 0.269. The van der Waals surface area contributed by atoms with Crippen molar-refractivity contribution in [3.05, 3.63) is 94.0 Å². The number of amides is 1. The molecular formula is C26H29ClN2O3S. The Labute approximate surface area is 201 Å². The summed E-state index contributed by atoms with van der Waals surface area (Å²) in [4.78, 5) is 13.2. The lowest BCUT2D eigenvalue weighted by atomic mass is 10.0. The molecule has 0 aliphatic heterocycles. The van der Waals surface area contributed by atoms with Crippen LogP contribution < -0.4 is 9.62 Å². The van der Waals surface area contributed by atoms with E-state index in [4.69, 9.17) is 11.6 Å². The summed E-state index contributed by atoms with van der Waals surface area (Å²) in [5.41, 5.74) is 4.21. The van der Waals surface area contributed by atoms with Crippen LogP contribution in [0.15, 0.2) is 71.6 Å². The zero-order valence-corrected chi connectivity index (χ0v) is 20.9. The number of aryl methyl sites for hydroxylation is 3. The molecule has 5 nitrogen and oxygen atoms in total. The van der Waals surface area contributed by atoms with Gasteiger partial charge in [-0.2, -0.15) is 0 Å². The van der Waals surface area contributed by atoms with Crippen molar-refractivity contribution in [2.24, 2.45) is 0 Å². The van der Waals surface area contributed by atoms with Gasteiger partial charge in [-0.3, -0.25) is 9.10 Å². The monoisotopic (exact) mass is 484 g/mol. The number of anilines is 1. The molecule has 3 aromatic rings. The Morgan fingerprint density at radius 2 is 1.52 bits per heavy atom. The first-order chi connectivity index (χ1) is 15.6. The molecule has 0 heterocycles. The van der Waals surface area contributed by atoms with Crippen LogP contribution in [-0.2, 0) is 14.8 Å².